The van der Waals surface area contributed by atoms with Crippen molar-refractivity contribution in [3.63, 3.8) is 0 Å². The number of imidazole rings is 1. The van der Waals surface area contributed by atoms with Gasteiger partial charge in [0.2, 0.25) is 0 Å². The summed E-state index contributed by atoms with van der Waals surface area (Å²) in [6.07, 6.45) is 6.07. The third-order valence-corrected chi connectivity index (χ3v) is 3.19. The molecule has 2 aromatic carbocycles. The van der Waals surface area contributed by atoms with E-state index in [0.29, 0.717) is 16.3 Å². The number of para-hydroxylation sites is 2. The molecular weight excluding hydrogens is 414 g/mol. The van der Waals surface area contributed by atoms with Crippen LogP contribution in [-0.4, -0.2) is 23.7 Å². The molecule has 1 N–H and O–H groups in total. The third kappa shape index (κ3) is 8.40. The fourth-order valence-corrected chi connectivity index (χ4v) is 1.88. The van der Waals surface area contributed by atoms with Crippen molar-refractivity contribution in [2.45, 2.75) is 0 Å². The number of amides is 1. The Hall–Kier alpha value is -2.83. The summed E-state index contributed by atoms with van der Waals surface area (Å²) < 4.78 is 5.25. The molecule has 0 unspecified atom stereocenters. The van der Waals surface area contributed by atoms with Crippen LogP contribution in [0.4, 0.5) is 0 Å². The van der Waals surface area contributed by atoms with Gasteiger partial charge in [0, 0.05) is 0 Å². The molecular formula is C18H15ClN4NiO3. The average Bonchev–Trinajstić information content (AvgIpc) is 3.23. The number of aromatic nitrogens is 2. The molecule has 1 heterocycles. The van der Waals surface area contributed by atoms with Crippen LogP contribution >= 0.6 is 11.6 Å². The van der Waals surface area contributed by atoms with Crippen molar-refractivity contribution in [3.05, 3.63) is 77.8 Å². The van der Waals surface area contributed by atoms with E-state index in [2.05, 4.69) is 20.5 Å². The first-order valence-corrected chi connectivity index (χ1v) is 7.86. The third-order valence-electron chi connectivity index (χ3n) is 2.88. The molecule has 0 atom stereocenters. The van der Waals surface area contributed by atoms with Crippen molar-refractivity contribution in [1.82, 2.24) is 15.4 Å². The number of carbonyl (C=O) groups excluding carboxylic acids is 1. The Kier molecular flexibility index (Phi) is 10.3. The summed E-state index contributed by atoms with van der Waals surface area (Å²) in [7, 11) is 0. The van der Waals surface area contributed by atoms with E-state index < -0.39 is 5.91 Å². The number of nitrogens with zero attached hydrogens (tertiary/aromatic N) is 3. The van der Waals surface area contributed by atoms with E-state index in [1.165, 1.54) is 18.6 Å². The van der Waals surface area contributed by atoms with Gasteiger partial charge in [-0.05, 0) is 17.7 Å². The van der Waals surface area contributed by atoms with Crippen LogP contribution < -0.4 is 20.3 Å². The number of nitrogens with one attached hydrogen (secondary N) is 1. The number of carbonyl (C=O) groups is 1. The first-order chi connectivity index (χ1) is 12.7. The maximum Gasteiger partial charge on any atom is 2.00 e. The monoisotopic (exact) mass is 428 g/mol. The first-order valence-electron chi connectivity index (χ1n) is 7.48. The Labute approximate surface area is 171 Å². The Morgan fingerprint density at radius 3 is 2.63 bits per heavy atom. The number of rotatable bonds is 5. The molecule has 0 aliphatic rings. The van der Waals surface area contributed by atoms with Crippen molar-refractivity contribution in [2.24, 2.45) is 5.10 Å². The van der Waals surface area contributed by atoms with Gasteiger partial charge in [0.15, 0.2) is 6.61 Å². The molecule has 3 aromatic rings. The molecule has 0 spiro atoms. The van der Waals surface area contributed by atoms with Gasteiger partial charge in [-0.2, -0.15) is 5.10 Å². The van der Waals surface area contributed by atoms with Gasteiger partial charge in [0.05, 0.1) is 11.2 Å². The smallest absolute Gasteiger partial charge is 0.872 e. The van der Waals surface area contributed by atoms with E-state index in [1.54, 1.807) is 54.9 Å². The molecule has 0 saturated heterocycles. The molecule has 9 heteroatoms. The van der Waals surface area contributed by atoms with Gasteiger partial charge in [-0.1, -0.05) is 72.5 Å². The van der Waals surface area contributed by atoms with E-state index in [4.69, 9.17) is 16.3 Å². The predicted octanol–water partition coefficient (Wildman–Crippen LogP) is 1.98. The molecule has 27 heavy (non-hydrogen) atoms. The Bertz CT molecular complexity index is 827. The summed E-state index contributed by atoms with van der Waals surface area (Å²) in [5, 5.41) is 15.5. The van der Waals surface area contributed by atoms with Crippen molar-refractivity contribution in [3.8, 4) is 11.5 Å². The van der Waals surface area contributed by atoms with Gasteiger partial charge in [0.25, 0.3) is 5.91 Å². The maximum atomic E-state index is 11.5. The average molecular weight is 429 g/mol. The predicted molar refractivity (Wildman–Crippen MR) is 96.1 cm³/mol. The molecule has 3 rings (SSSR count). The fraction of sp³-hybridized carbons (Fsp3) is 0.0556. The molecule has 0 aliphatic carbocycles. The van der Waals surface area contributed by atoms with Crippen molar-refractivity contribution >= 4 is 23.7 Å². The summed E-state index contributed by atoms with van der Waals surface area (Å²) in [5.74, 6) is -0.194. The summed E-state index contributed by atoms with van der Waals surface area (Å²) in [6.45, 7) is -0.222. The molecule has 0 aliphatic heterocycles. The zero-order valence-electron chi connectivity index (χ0n) is 13.9. The van der Waals surface area contributed by atoms with Gasteiger partial charge in [-0.25, -0.2) is 5.43 Å². The number of hydrogen-bond donors (Lipinski definition) is 1. The zero-order chi connectivity index (χ0) is 18.6. The number of halogens is 1. The molecule has 0 fully saturated rings. The minimum absolute atomic E-state index is 0. The largest absolute Gasteiger partial charge is 2.00 e. The first kappa shape index (κ1) is 22.2. The Balaban J connectivity index is 0.000000526. The molecule has 1 amide bonds. The van der Waals surface area contributed by atoms with Gasteiger partial charge >= 0.3 is 16.5 Å². The van der Waals surface area contributed by atoms with E-state index in [1.807, 2.05) is 0 Å². The van der Waals surface area contributed by atoms with E-state index in [-0.39, 0.29) is 28.8 Å². The Morgan fingerprint density at radius 1 is 1.26 bits per heavy atom. The van der Waals surface area contributed by atoms with Gasteiger partial charge < -0.3 is 19.8 Å². The second-order valence-corrected chi connectivity index (χ2v) is 5.17. The number of benzene rings is 2. The number of hydrogen-bond acceptors (Lipinski definition) is 5. The normalized spacial score (nSPS) is 9.67. The van der Waals surface area contributed by atoms with Crippen LogP contribution in [0.15, 0.2) is 72.4 Å². The second kappa shape index (κ2) is 12.5. The van der Waals surface area contributed by atoms with Crippen LogP contribution in [0.1, 0.15) is 5.56 Å². The number of hydrazone groups is 1. The topological polar surface area (TPSA) is 101 Å². The summed E-state index contributed by atoms with van der Waals surface area (Å²) in [6, 6.07) is 13.2. The molecule has 1 aromatic heterocycles. The van der Waals surface area contributed by atoms with Crippen molar-refractivity contribution in [1.29, 1.82) is 0 Å². The second-order valence-electron chi connectivity index (χ2n) is 4.76. The van der Waals surface area contributed by atoms with Gasteiger partial charge in [-0.3, -0.25) is 4.79 Å². The molecule has 142 valence electrons. The van der Waals surface area contributed by atoms with E-state index in [9.17, 15) is 9.90 Å². The summed E-state index contributed by atoms with van der Waals surface area (Å²) >= 11 is 5.89. The van der Waals surface area contributed by atoms with Crippen LogP contribution in [0.2, 0.25) is 5.02 Å². The summed E-state index contributed by atoms with van der Waals surface area (Å²) in [4.78, 5) is 18.8. The quantitative estimate of drug-likeness (QED) is 0.380. The Morgan fingerprint density at radius 2 is 2.00 bits per heavy atom. The maximum absolute atomic E-state index is 11.5. The van der Waals surface area contributed by atoms with Crippen LogP contribution in [0.25, 0.3) is 0 Å². The SMILES string of the molecule is O=C(COc1ccccc1Cl)N/N=C/c1ccccc1[O-].[Ni+2].c1c[n-]cn1. The molecule has 0 bridgehead atoms. The van der Waals surface area contributed by atoms with Crippen LogP contribution in [0.3, 0.4) is 0 Å². The van der Waals surface area contributed by atoms with Crippen molar-refractivity contribution in [2.75, 3.05) is 6.61 Å². The van der Waals surface area contributed by atoms with Crippen LogP contribution in [-0.2, 0) is 21.3 Å². The van der Waals surface area contributed by atoms with E-state index >= 15 is 0 Å². The van der Waals surface area contributed by atoms with Crippen LogP contribution in [0.5, 0.6) is 11.5 Å². The number of ether oxygens (including phenoxy) is 1. The molecule has 0 saturated carbocycles. The van der Waals surface area contributed by atoms with E-state index in [0.717, 1.165) is 0 Å². The van der Waals surface area contributed by atoms with Gasteiger partial charge in [0.1, 0.15) is 5.75 Å². The minimum Gasteiger partial charge on any atom is -0.872 e. The zero-order valence-corrected chi connectivity index (χ0v) is 15.6. The van der Waals surface area contributed by atoms with Gasteiger partial charge in [-0.15, -0.1) is 0 Å². The molecule has 0 radical (unpaired) electrons. The summed E-state index contributed by atoms with van der Waals surface area (Å²) in [5.41, 5.74) is 2.66. The minimum atomic E-state index is -0.449. The van der Waals surface area contributed by atoms with Crippen LogP contribution in [0, 0.1) is 0 Å². The standard InChI is InChI=1S/C15H13ClN2O3.C3H3N2.Ni/c16-12-6-2-4-8-14(12)21-10-15(20)18-17-9-11-5-1-3-7-13(11)19;1-2-5-3-4-1;/h1-9,19H,10H2,(H,18,20);1-3H;/q;-1;+2/p-1/b17-9+;;. The van der Waals surface area contributed by atoms with Crippen molar-refractivity contribution < 1.29 is 31.1 Å². The fourth-order valence-electron chi connectivity index (χ4n) is 1.69. The molecule has 7 nitrogen and oxygen atoms in total.